The summed E-state index contributed by atoms with van der Waals surface area (Å²) in [6.45, 7) is 14.4. The van der Waals surface area contributed by atoms with Crippen molar-refractivity contribution >= 4 is 5.95 Å². The monoisotopic (exact) mass is 291 g/mol. The molecule has 0 spiro atoms. The van der Waals surface area contributed by atoms with E-state index in [4.69, 9.17) is 0 Å². The molecule has 0 bridgehead atoms. The number of aromatic nitrogens is 2. The van der Waals surface area contributed by atoms with E-state index in [0.717, 1.165) is 45.2 Å². The minimum atomic E-state index is 0.363. The first-order chi connectivity index (χ1) is 10.2. The molecule has 1 aliphatic rings. The molecule has 0 aromatic carbocycles. The molecule has 118 valence electrons. The number of hydrogen-bond acceptors (Lipinski definition) is 5. The number of nitrogens with one attached hydrogen (secondary N) is 1. The van der Waals surface area contributed by atoms with Gasteiger partial charge in [-0.2, -0.15) is 0 Å². The van der Waals surface area contributed by atoms with Crippen LogP contribution in [0.15, 0.2) is 18.5 Å². The van der Waals surface area contributed by atoms with Gasteiger partial charge in [-0.05, 0) is 24.4 Å². The predicted molar refractivity (Wildman–Crippen MR) is 87.6 cm³/mol. The van der Waals surface area contributed by atoms with Crippen LogP contribution in [0.1, 0.15) is 27.2 Å². The molecule has 1 aromatic rings. The Morgan fingerprint density at radius 3 is 2.38 bits per heavy atom. The Bertz CT molecular complexity index is 402. The smallest absolute Gasteiger partial charge is 0.225 e. The second-order valence-corrected chi connectivity index (χ2v) is 6.26. The van der Waals surface area contributed by atoms with E-state index in [1.807, 2.05) is 18.5 Å². The van der Waals surface area contributed by atoms with Gasteiger partial charge in [-0.1, -0.05) is 20.8 Å². The third-order valence-electron chi connectivity index (χ3n) is 4.47. The number of nitrogens with zero attached hydrogens (tertiary/aromatic N) is 4. The highest BCUT2D eigenvalue weighted by Crippen LogP contribution is 2.22. The zero-order valence-corrected chi connectivity index (χ0v) is 13.7. The fourth-order valence-electron chi connectivity index (χ4n) is 2.82. The van der Waals surface area contributed by atoms with Gasteiger partial charge >= 0.3 is 0 Å². The molecule has 2 rings (SSSR count). The van der Waals surface area contributed by atoms with E-state index in [1.165, 1.54) is 13.0 Å². The summed E-state index contributed by atoms with van der Waals surface area (Å²) in [5.41, 5.74) is 0.363. The minimum Gasteiger partial charge on any atom is -0.338 e. The Morgan fingerprint density at radius 1 is 1.14 bits per heavy atom. The Hall–Kier alpha value is -1.20. The molecule has 1 atom stereocenters. The van der Waals surface area contributed by atoms with Crippen LogP contribution in [0, 0.1) is 5.41 Å². The fourth-order valence-corrected chi connectivity index (χ4v) is 2.82. The fraction of sp³-hybridized carbons (Fsp3) is 0.750. The number of hydrogen-bond donors (Lipinski definition) is 1. The van der Waals surface area contributed by atoms with Crippen LogP contribution in [0.25, 0.3) is 0 Å². The van der Waals surface area contributed by atoms with Gasteiger partial charge in [0, 0.05) is 51.7 Å². The van der Waals surface area contributed by atoms with Crippen molar-refractivity contribution in [2.45, 2.75) is 27.2 Å². The van der Waals surface area contributed by atoms with E-state index in [-0.39, 0.29) is 0 Å². The Labute approximate surface area is 128 Å². The maximum atomic E-state index is 4.35. The van der Waals surface area contributed by atoms with Gasteiger partial charge in [0.15, 0.2) is 0 Å². The first kappa shape index (κ1) is 16.2. The highest BCUT2D eigenvalue weighted by Gasteiger charge is 2.27. The third kappa shape index (κ3) is 4.64. The van der Waals surface area contributed by atoms with Crippen molar-refractivity contribution in [1.82, 2.24) is 20.2 Å². The van der Waals surface area contributed by atoms with E-state index in [2.05, 4.69) is 45.9 Å². The second kappa shape index (κ2) is 7.71. The number of rotatable bonds is 7. The lowest BCUT2D eigenvalue weighted by atomic mass is 9.86. The van der Waals surface area contributed by atoms with Crippen molar-refractivity contribution in [3.63, 3.8) is 0 Å². The summed E-state index contributed by atoms with van der Waals surface area (Å²) in [7, 11) is 0. The van der Waals surface area contributed by atoms with Crippen molar-refractivity contribution in [1.29, 1.82) is 0 Å². The molecule has 5 nitrogen and oxygen atoms in total. The van der Waals surface area contributed by atoms with Gasteiger partial charge in [0.25, 0.3) is 0 Å². The summed E-state index contributed by atoms with van der Waals surface area (Å²) >= 11 is 0. The number of anilines is 1. The van der Waals surface area contributed by atoms with Gasteiger partial charge in [-0.25, -0.2) is 9.97 Å². The molecule has 1 fully saturated rings. The predicted octanol–water partition coefficient (Wildman–Crippen LogP) is 1.62. The summed E-state index contributed by atoms with van der Waals surface area (Å²) in [6.07, 6.45) is 4.85. The van der Waals surface area contributed by atoms with Crippen molar-refractivity contribution < 1.29 is 0 Å². The van der Waals surface area contributed by atoms with Crippen LogP contribution in [-0.2, 0) is 0 Å². The van der Waals surface area contributed by atoms with Crippen LogP contribution >= 0.6 is 0 Å². The largest absolute Gasteiger partial charge is 0.338 e. The van der Waals surface area contributed by atoms with Crippen LogP contribution in [-0.4, -0.2) is 60.7 Å². The highest BCUT2D eigenvalue weighted by molar-refractivity contribution is 5.29. The van der Waals surface area contributed by atoms with E-state index in [9.17, 15) is 0 Å². The molecular weight excluding hydrogens is 262 g/mol. The lowest BCUT2D eigenvalue weighted by Gasteiger charge is -2.40. The first-order valence-corrected chi connectivity index (χ1v) is 8.12. The van der Waals surface area contributed by atoms with Crippen molar-refractivity contribution in [2.24, 2.45) is 5.41 Å². The molecule has 0 aliphatic carbocycles. The molecule has 0 saturated carbocycles. The summed E-state index contributed by atoms with van der Waals surface area (Å²) < 4.78 is 0. The average Bonchev–Trinajstić information content (AvgIpc) is 2.54. The normalized spacial score (nSPS) is 19.5. The lowest BCUT2D eigenvalue weighted by molar-refractivity contribution is 0.148. The topological polar surface area (TPSA) is 44.3 Å². The Kier molecular flexibility index (Phi) is 5.94. The minimum absolute atomic E-state index is 0.363. The molecule has 1 saturated heterocycles. The average molecular weight is 291 g/mol. The second-order valence-electron chi connectivity index (χ2n) is 6.26. The van der Waals surface area contributed by atoms with Crippen molar-refractivity contribution in [3.8, 4) is 0 Å². The van der Waals surface area contributed by atoms with Crippen LogP contribution in [0.5, 0.6) is 0 Å². The zero-order chi connectivity index (χ0) is 15.1. The van der Waals surface area contributed by atoms with Gasteiger partial charge in [0.05, 0.1) is 0 Å². The quantitative estimate of drug-likeness (QED) is 0.827. The molecule has 1 aliphatic heterocycles. The molecule has 1 aromatic heterocycles. The Balaban J connectivity index is 1.83. The maximum absolute atomic E-state index is 4.35. The lowest BCUT2D eigenvalue weighted by Crippen LogP contribution is -2.51. The molecule has 21 heavy (non-hydrogen) atoms. The molecule has 0 amide bonds. The molecule has 1 unspecified atom stereocenters. The standard InChI is InChI=1S/C16H29N5/c1-4-16(3,13-17-5-2)14-20-9-11-21(12-10-20)15-18-7-6-8-19-15/h6-8,17H,4-5,9-14H2,1-3H3. The van der Waals surface area contributed by atoms with E-state index in [0.29, 0.717) is 5.41 Å². The highest BCUT2D eigenvalue weighted by atomic mass is 15.3. The van der Waals surface area contributed by atoms with Crippen LogP contribution in [0.2, 0.25) is 0 Å². The van der Waals surface area contributed by atoms with E-state index in [1.54, 1.807) is 0 Å². The van der Waals surface area contributed by atoms with Crippen molar-refractivity contribution in [2.75, 3.05) is 50.7 Å². The summed E-state index contributed by atoms with van der Waals surface area (Å²) in [6, 6.07) is 1.87. The molecular formula is C16H29N5. The van der Waals surface area contributed by atoms with Crippen LogP contribution < -0.4 is 10.2 Å². The first-order valence-electron chi connectivity index (χ1n) is 8.12. The van der Waals surface area contributed by atoms with Crippen LogP contribution in [0.3, 0.4) is 0 Å². The molecule has 5 heteroatoms. The van der Waals surface area contributed by atoms with Gasteiger partial charge in [-0.15, -0.1) is 0 Å². The van der Waals surface area contributed by atoms with E-state index >= 15 is 0 Å². The molecule has 2 heterocycles. The van der Waals surface area contributed by atoms with Crippen molar-refractivity contribution in [3.05, 3.63) is 18.5 Å². The Morgan fingerprint density at radius 2 is 1.81 bits per heavy atom. The molecule has 0 radical (unpaired) electrons. The van der Waals surface area contributed by atoms with Gasteiger partial charge in [0.1, 0.15) is 0 Å². The third-order valence-corrected chi connectivity index (χ3v) is 4.47. The summed E-state index contributed by atoms with van der Waals surface area (Å²) in [5.74, 6) is 0.864. The van der Waals surface area contributed by atoms with Crippen LogP contribution in [0.4, 0.5) is 5.95 Å². The zero-order valence-electron chi connectivity index (χ0n) is 13.7. The van der Waals surface area contributed by atoms with E-state index < -0.39 is 0 Å². The maximum Gasteiger partial charge on any atom is 0.225 e. The number of piperazine rings is 1. The van der Waals surface area contributed by atoms with Gasteiger partial charge in [0.2, 0.25) is 5.95 Å². The SMILES string of the molecule is CCNCC(C)(CC)CN1CCN(c2ncccn2)CC1. The van der Waals surface area contributed by atoms with Gasteiger partial charge < -0.3 is 10.2 Å². The summed E-state index contributed by atoms with van der Waals surface area (Å²) in [5, 5.41) is 3.51. The molecule has 1 N–H and O–H groups in total. The van der Waals surface area contributed by atoms with Gasteiger partial charge in [-0.3, -0.25) is 4.90 Å². The summed E-state index contributed by atoms with van der Waals surface area (Å²) in [4.78, 5) is 13.6.